The van der Waals surface area contributed by atoms with Crippen LogP contribution in [-0.2, 0) is 17.9 Å². The van der Waals surface area contributed by atoms with Gasteiger partial charge in [0.05, 0.1) is 6.54 Å². The van der Waals surface area contributed by atoms with Gasteiger partial charge in [-0.25, -0.2) is 4.79 Å². The molecule has 0 radical (unpaired) electrons. The molecule has 0 bridgehead atoms. The summed E-state index contributed by atoms with van der Waals surface area (Å²) in [5, 5.41) is 0.631. The van der Waals surface area contributed by atoms with Gasteiger partial charge in [0, 0.05) is 24.7 Å². The average Bonchev–Trinajstić information content (AvgIpc) is 2.69. The molecule has 2 aromatic rings. The van der Waals surface area contributed by atoms with Gasteiger partial charge in [0.15, 0.2) is 5.69 Å². The number of amides is 1. The number of nitrogen functional groups attached to an aromatic ring is 1. The molecule has 3 N–H and O–H groups in total. The predicted molar refractivity (Wildman–Crippen MR) is 121 cm³/mol. The molecule has 1 heterocycles. The first-order valence-electron chi connectivity index (χ1n) is 10.1. The van der Waals surface area contributed by atoms with Crippen molar-refractivity contribution in [1.29, 1.82) is 0 Å². The number of hydrogen-bond acceptors (Lipinski definition) is 5. The number of carbonyl (C=O) groups excluding carboxylic acids is 1. The van der Waals surface area contributed by atoms with Crippen molar-refractivity contribution in [3.05, 3.63) is 55.7 Å². The van der Waals surface area contributed by atoms with Crippen LogP contribution >= 0.6 is 11.6 Å². The summed E-state index contributed by atoms with van der Waals surface area (Å²) in [6.45, 7) is 5.15. The number of aromatic amines is 1. The molecular formula is C21H30ClN5O3. The predicted octanol–water partition coefficient (Wildman–Crippen LogP) is 2.45. The van der Waals surface area contributed by atoms with Gasteiger partial charge >= 0.3 is 5.69 Å². The standard InChI is InChI=1S/C21H30ClN5O3/c1-4-6-12-26(18-19(23)27(11-5-2)21(30)24-20(18)29)17(28)14-25(3)13-15-9-7-8-10-16(15)22/h7-10H,4-6,11-14,23H2,1-3H3,(H,24,29,30). The first-order chi connectivity index (χ1) is 14.3. The Morgan fingerprint density at radius 3 is 2.53 bits per heavy atom. The van der Waals surface area contributed by atoms with E-state index in [2.05, 4.69) is 4.98 Å². The van der Waals surface area contributed by atoms with Gasteiger partial charge in [0.1, 0.15) is 5.82 Å². The van der Waals surface area contributed by atoms with Crippen molar-refractivity contribution in [2.75, 3.05) is 30.8 Å². The molecule has 0 unspecified atom stereocenters. The van der Waals surface area contributed by atoms with Crippen molar-refractivity contribution in [2.45, 2.75) is 46.2 Å². The van der Waals surface area contributed by atoms with E-state index in [-0.39, 0.29) is 24.0 Å². The quantitative estimate of drug-likeness (QED) is 0.596. The fourth-order valence-corrected chi connectivity index (χ4v) is 3.45. The van der Waals surface area contributed by atoms with E-state index in [1.165, 1.54) is 9.47 Å². The normalized spacial score (nSPS) is 11.1. The van der Waals surface area contributed by atoms with Crippen LogP contribution in [0.15, 0.2) is 33.9 Å². The fraction of sp³-hybridized carbons (Fsp3) is 0.476. The fourth-order valence-electron chi connectivity index (χ4n) is 3.25. The van der Waals surface area contributed by atoms with Crippen molar-refractivity contribution >= 4 is 29.0 Å². The number of nitrogens with zero attached hydrogens (tertiary/aromatic N) is 3. The molecule has 0 saturated heterocycles. The van der Waals surface area contributed by atoms with Crippen molar-refractivity contribution in [2.24, 2.45) is 0 Å². The minimum absolute atomic E-state index is 0.0174. The third-order valence-corrected chi connectivity index (χ3v) is 5.14. The Hall–Kier alpha value is -2.58. The van der Waals surface area contributed by atoms with Gasteiger partial charge in [-0.15, -0.1) is 0 Å². The van der Waals surface area contributed by atoms with Crippen LogP contribution in [0.5, 0.6) is 0 Å². The second-order valence-corrected chi connectivity index (χ2v) is 7.71. The van der Waals surface area contributed by atoms with Gasteiger partial charge in [-0.2, -0.15) is 0 Å². The number of aromatic nitrogens is 2. The molecule has 8 nitrogen and oxygen atoms in total. The zero-order valence-electron chi connectivity index (χ0n) is 17.8. The second-order valence-electron chi connectivity index (χ2n) is 7.31. The lowest BCUT2D eigenvalue weighted by atomic mass is 10.2. The summed E-state index contributed by atoms with van der Waals surface area (Å²) in [5.41, 5.74) is 5.90. The summed E-state index contributed by atoms with van der Waals surface area (Å²) in [5.74, 6) is -0.249. The summed E-state index contributed by atoms with van der Waals surface area (Å²) >= 11 is 6.22. The molecule has 9 heteroatoms. The highest BCUT2D eigenvalue weighted by Crippen LogP contribution is 2.19. The molecule has 1 aromatic heterocycles. The summed E-state index contributed by atoms with van der Waals surface area (Å²) < 4.78 is 1.30. The molecule has 0 saturated carbocycles. The van der Waals surface area contributed by atoms with E-state index in [4.69, 9.17) is 17.3 Å². The smallest absolute Gasteiger partial charge is 0.330 e. The Kier molecular flexibility index (Phi) is 8.68. The van der Waals surface area contributed by atoms with E-state index in [1.54, 1.807) is 6.07 Å². The number of H-pyrrole nitrogens is 1. The minimum atomic E-state index is -0.650. The number of rotatable bonds is 10. The Bertz CT molecular complexity index is 985. The Morgan fingerprint density at radius 1 is 1.20 bits per heavy atom. The molecule has 2 rings (SSSR count). The Labute approximate surface area is 181 Å². The molecule has 0 aliphatic rings. The maximum atomic E-state index is 13.1. The SMILES string of the molecule is CCCCN(C(=O)CN(C)Cc1ccccc1Cl)c1c(N)n(CCC)c(=O)[nH]c1=O. The molecule has 0 aliphatic carbocycles. The van der Waals surface area contributed by atoms with Gasteiger partial charge in [0.2, 0.25) is 5.91 Å². The van der Waals surface area contributed by atoms with E-state index in [1.807, 2.05) is 44.0 Å². The van der Waals surface area contributed by atoms with Crippen LogP contribution in [0, 0.1) is 0 Å². The number of nitrogens with two attached hydrogens (primary N) is 1. The van der Waals surface area contributed by atoms with Crippen molar-refractivity contribution < 1.29 is 4.79 Å². The summed E-state index contributed by atoms with van der Waals surface area (Å²) in [6, 6.07) is 7.45. The average molecular weight is 436 g/mol. The summed E-state index contributed by atoms with van der Waals surface area (Å²) in [7, 11) is 1.81. The third kappa shape index (κ3) is 5.73. The maximum absolute atomic E-state index is 13.1. The van der Waals surface area contributed by atoms with Crippen molar-refractivity contribution in [3.63, 3.8) is 0 Å². The van der Waals surface area contributed by atoms with Gasteiger partial charge in [-0.05, 0) is 31.5 Å². The van der Waals surface area contributed by atoms with E-state index in [0.29, 0.717) is 37.5 Å². The molecule has 0 aliphatic heterocycles. The number of nitrogens with one attached hydrogen (secondary N) is 1. The highest BCUT2D eigenvalue weighted by atomic mass is 35.5. The van der Waals surface area contributed by atoms with Crippen LogP contribution in [-0.4, -0.2) is 40.5 Å². The molecule has 0 fully saturated rings. The van der Waals surface area contributed by atoms with Gasteiger partial charge < -0.3 is 10.6 Å². The summed E-state index contributed by atoms with van der Waals surface area (Å²) in [4.78, 5) is 43.4. The van der Waals surface area contributed by atoms with Crippen LogP contribution in [0.4, 0.5) is 11.5 Å². The topological polar surface area (TPSA) is 104 Å². The molecule has 0 spiro atoms. The van der Waals surface area contributed by atoms with Crippen LogP contribution < -0.4 is 21.9 Å². The highest BCUT2D eigenvalue weighted by Gasteiger charge is 2.24. The number of anilines is 2. The number of likely N-dealkylation sites (N-methyl/N-ethyl adjacent to an activating group) is 1. The monoisotopic (exact) mass is 435 g/mol. The third-order valence-electron chi connectivity index (χ3n) is 4.77. The van der Waals surface area contributed by atoms with Crippen molar-refractivity contribution in [1.82, 2.24) is 14.5 Å². The van der Waals surface area contributed by atoms with Crippen molar-refractivity contribution in [3.8, 4) is 0 Å². The number of carbonyl (C=O) groups is 1. The number of unbranched alkanes of at least 4 members (excludes halogenated alkanes) is 1. The lowest BCUT2D eigenvalue weighted by Gasteiger charge is -2.27. The largest absolute Gasteiger partial charge is 0.383 e. The zero-order chi connectivity index (χ0) is 22.3. The lowest BCUT2D eigenvalue weighted by Crippen LogP contribution is -2.45. The lowest BCUT2D eigenvalue weighted by molar-refractivity contribution is -0.119. The molecular weight excluding hydrogens is 406 g/mol. The van der Waals surface area contributed by atoms with E-state index < -0.39 is 11.2 Å². The van der Waals surface area contributed by atoms with Gasteiger partial charge in [0.25, 0.3) is 5.56 Å². The maximum Gasteiger partial charge on any atom is 0.330 e. The van der Waals surface area contributed by atoms with E-state index >= 15 is 0 Å². The Balaban J connectivity index is 2.32. The minimum Gasteiger partial charge on any atom is -0.383 e. The number of halogens is 1. The molecule has 30 heavy (non-hydrogen) atoms. The van der Waals surface area contributed by atoms with Crippen LogP contribution in [0.2, 0.25) is 5.02 Å². The molecule has 1 amide bonds. The zero-order valence-corrected chi connectivity index (χ0v) is 18.5. The van der Waals surface area contributed by atoms with Gasteiger partial charge in [-0.3, -0.25) is 24.0 Å². The van der Waals surface area contributed by atoms with E-state index in [0.717, 1.165) is 12.0 Å². The Morgan fingerprint density at radius 2 is 1.90 bits per heavy atom. The van der Waals surface area contributed by atoms with Crippen LogP contribution in [0.3, 0.4) is 0 Å². The number of benzene rings is 1. The highest BCUT2D eigenvalue weighted by molar-refractivity contribution is 6.31. The molecule has 164 valence electrons. The molecule has 1 aromatic carbocycles. The molecule has 0 atom stereocenters. The van der Waals surface area contributed by atoms with E-state index in [9.17, 15) is 14.4 Å². The summed E-state index contributed by atoms with van der Waals surface area (Å²) in [6.07, 6.45) is 2.20. The second kappa shape index (κ2) is 11.0. The number of hydrogen-bond donors (Lipinski definition) is 2. The first kappa shape index (κ1) is 23.7. The van der Waals surface area contributed by atoms with Crippen LogP contribution in [0.1, 0.15) is 38.7 Å². The van der Waals surface area contributed by atoms with Gasteiger partial charge in [-0.1, -0.05) is 50.1 Å². The van der Waals surface area contributed by atoms with Crippen LogP contribution in [0.25, 0.3) is 0 Å². The first-order valence-corrected chi connectivity index (χ1v) is 10.5.